The predicted molar refractivity (Wildman–Crippen MR) is 383 cm³/mol. The van der Waals surface area contributed by atoms with E-state index < -0.39 is 287 Å². The van der Waals surface area contributed by atoms with E-state index >= 15 is 0 Å². The number of methoxy groups -OCH3 is 5. The van der Waals surface area contributed by atoms with E-state index in [0.717, 1.165) is 135 Å². The predicted octanol–water partition coefficient (Wildman–Crippen LogP) is 8.07. The molecule has 0 aliphatic heterocycles. The van der Waals surface area contributed by atoms with Crippen molar-refractivity contribution in [2.75, 3.05) is 133 Å². The van der Waals surface area contributed by atoms with Gasteiger partial charge in [-0.05, 0) is 120 Å². The lowest BCUT2D eigenvalue weighted by Gasteiger charge is -2.15. The number of benzene rings is 5. The average molecular weight is 1410 g/mol. The van der Waals surface area contributed by atoms with E-state index in [1.807, 2.05) is 10.6 Å². The Morgan fingerprint density at radius 1 is 0.305 bits per heavy atom. The summed E-state index contributed by atoms with van der Waals surface area (Å²) in [5, 5.41) is 60.5. The minimum Gasteiger partial charge on any atom is -0.491 e. The first kappa shape index (κ1) is 25.9. The molecule has 0 fully saturated rings. The van der Waals surface area contributed by atoms with E-state index in [4.69, 9.17) is 126 Å². The minimum atomic E-state index is -4.11. The Labute approximate surface area is 676 Å². The van der Waals surface area contributed by atoms with Gasteiger partial charge < -0.3 is 99.5 Å². The lowest BCUT2D eigenvalue weighted by molar-refractivity contribution is 0.104. The summed E-state index contributed by atoms with van der Waals surface area (Å²) in [7, 11) is -16.2. The lowest BCUT2D eigenvalue weighted by atomic mass is 10.1. The number of rotatable bonds is 45. The number of aryl methyl sites for hydroxylation is 5. The molecule has 20 nitrogen and oxygen atoms in total. The van der Waals surface area contributed by atoms with Gasteiger partial charge >= 0.3 is 0 Å². The monoisotopic (exact) mass is 1410 g/mol. The number of hydrogen-bond acceptors (Lipinski definition) is 20. The van der Waals surface area contributed by atoms with Crippen LogP contribution in [0.3, 0.4) is 0 Å². The molecule has 5 rings (SSSR count). The molecule has 0 amide bonds. The van der Waals surface area contributed by atoms with Gasteiger partial charge in [0.1, 0.15) is 91.9 Å². The molecule has 7 unspecified atom stereocenters. The van der Waals surface area contributed by atoms with Gasteiger partial charge in [-0.15, -0.1) is 0 Å². The Kier molecular flexibility index (Phi) is 15.4. The number of aliphatic hydroxyl groups is 5. The third-order valence-electron chi connectivity index (χ3n) is 8.82. The van der Waals surface area contributed by atoms with Crippen LogP contribution in [-0.2, 0) is 55.5 Å². The first-order chi connectivity index (χ1) is 73.6. The SMILES string of the molecule is [2H]C(C)(C)NC([2H])([2H])C([2H])(O)C([2H])([2H])Oc1ccc(C([2H])([2H])C([2H])([2H])OC([2H])([2H])[2H])cc1.[2H]C([2H])([2H])OC([2H])([2H])C([2H])([2H])c1ccc(OC([2H])([2H])C([2H])(O)C([2H])([2H])NC(C)C([2H])([2H])[2H])cc1.[2H]C([2H])([2H])OC([2H])([2H])C([2H])([2H])c1ccc(OC([2H])([2H])C([2H])(O)C([2H])([2H])NC(C)C)cc1.[2H]C([2H])([2H])OC([2H])([2H])C([2H])([2H])c1ccc(OC([2H])([2H])C([2H])(O)C([2H])([2H])NC([2H])(C([2H])([2H])[2H])C([2H])([2H])[2H])cc1.[2H]C([2H])([2H])OC([2H])([2H])C([2H])([2H])c1ccc(OC([2H])([2H])C([2H])(O)C([2H])([2H])NC([2H])(C)C([2H])([2H])[2H])cc1. The van der Waals surface area contributed by atoms with Gasteiger partial charge in [0.2, 0.25) is 0 Å². The molecule has 10 N–H and O–H groups in total. The second-order valence-electron chi connectivity index (χ2n) is 17.2. The molecule has 0 saturated heterocycles. The first-order valence-electron chi connectivity index (χ1n) is 63.7. The highest BCUT2D eigenvalue weighted by Crippen LogP contribution is 2.17. The Hall–Kier alpha value is -5.50. The Morgan fingerprint density at radius 3 is 0.737 bits per heavy atom. The van der Waals surface area contributed by atoms with Crippen molar-refractivity contribution >= 4 is 0 Å². The zero-order chi connectivity index (χ0) is 136. The summed E-state index contributed by atoms with van der Waals surface area (Å²) in [5.74, 6) is -2.23. The Morgan fingerprint density at radius 2 is 0.526 bits per heavy atom. The van der Waals surface area contributed by atoms with Crippen molar-refractivity contribution in [3.8, 4) is 28.7 Å². The number of ether oxygens (including phenoxy) is 10. The van der Waals surface area contributed by atoms with E-state index in [2.05, 4.69) is 29.0 Å². The van der Waals surface area contributed by atoms with Gasteiger partial charge in [0, 0.05) is 146 Å². The van der Waals surface area contributed by atoms with Crippen LogP contribution in [0.25, 0.3) is 0 Å². The molecule has 0 heterocycles. The zero-order valence-electron chi connectivity index (χ0n) is 126. The van der Waals surface area contributed by atoms with Crippen LogP contribution >= 0.6 is 0 Å². The summed E-state index contributed by atoms with van der Waals surface area (Å²) in [4.78, 5) is 0. The molecule has 0 spiro atoms. The van der Waals surface area contributed by atoms with Crippen molar-refractivity contribution in [3.63, 3.8) is 0 Å². The highest BCUT2D eigenvalue weighted by Gasteiger charge is 2.11. The van der Waals surface area contributed by atoms with Crippen LogP contribution in [0.15, 0.2) is 121 Å². The first-order valence-corrected chi connectivity index (χ1v) is 26.2. The maximum Gasteiger partial charge on any atom is 0.119 e. The van der Waals surface area contributed by atoms with Crippen molar-refractivity contribution in [1.82, 2.24) is 26.6 Å². The molecule has 0 aromatic heterocycles. The molecular weight excluding hydrogens is 1210 g/mol. The van der Waals surface area contributed by atoms with Gasteiger partial charge in [-0.2, -0.15) is 0 Å². The summed E-state index contributed by atoms with van der Waals surface area (Å²) >= 11 is 0. The molecule has 0 bridgehead atoms. The molecule has 7 atom stereocenters. The summed E-state index contributed by atoms with van der Waals surface area (Å²) in [5.41, 5.74) is -2.10. The van der Waals surface area contributed by atoms with Crippen LogP contribution in [0.1, 0.15) is 200 Å². The second kappa shape index (κ2) is 56.5. The van der Waals surface area contributed by atoms with Gasteiger partial charge in [0.15, 0.2) is 0 Å². The Bertz CT molecular complexity index is 5820. The molecule has 5 aromatic carbocycles. The summed E-state index contributed by atoms with van der Waals surface area (Å²) < 4.78 is 613. The van der Waals surface area contributed by atoms with Crippen molar-refractivity contribution in [2.24, 2.45) is 0 Å². The molecule has 540 valence electrons. The van der Waals surface area contributed by atoms with Crippen molar-refractivity contribution in [2.45, 2.75) is 161 Å². The topological polar surface area (TPSA) is 254 Å². The zero-order valence-corrected chi connectivity index (χ0v) is 51.0. The van der Waals surface area contributed by atoms with Crippen LogP contribution in [0.5, 0.6) is 28.7 Å². The molecule has 95 heavy (non-hydrogen) atoms. The van der Waals surface area contributed by atoms with Crippen molar-refractivity contribution in [3.05, 3.63) is 149 Å². The van der Waals surface area contributed by atoms with Crippen LogP contribution in [0.2, 0.25) is 0 Å². The van der Waals surface area contributed by atoms with E-state index in [-0.39, 0.29) is 22.6 Å². The lowest BCUT2D eigenvalue weighted by Crippen LogP contribution is -2.35. The van der Waals surface area contributed by atoms with Gasteiger partial charge in [0.05, 0.1) is 87.6 Å². The van der Waals surface area contributed by atoms with Gasteiger partial charge in [-0.25, -0.2) is 0 Å². The minimum absolute atomic E-state index is 0.326. The van der Waals surface area contributed by atoms with Gasteiger partial charge in [-0.1, -0.05) is 130 Å². The molecule has 20 heteroatoms. The van der Waals surface area contributed by atoms with Crippen molar-refractivity contribution in [1.29, 1.82) is 0 Å². The smallest absolute Gasteiger partial charge is 0.119 e. The van der Waals surface area contributed by atoms with Gasteiger partial charge in [0.25, 0.3) is 0 Å². The summed E-state index contributed by atoms with van der Waals surface area (Å²) in [6.45, 7) is -56.8. The molecule has 5 aromatic rings. The molecule has 0 saturated carbocycles. The van der Waals surface area contributed by atoms with Crippen LogP contribution < -0.4 is 50.3 Å². The maximum atomic E-state index is 10.4. The van der Waals surface area contributed by atoms with E-state index in [1.165, 1.54) is 33.0 Å². The van der Waals surface area contributed by atoms with E-state index in [0.29, 0.717) is 0 Å². The fraction of sp³-hybridized carbons (Fsp3) is 0.600. The van der Waals surface area contributed by atoms with Crippen LogP contribution in [0, 0.1) is 0 Å². The second-order valence-corrected chi connectivity index (χ2v) is 17.2. The summed E-state index contributed by atoms with van der Waals surface area (Å²) in [6, 6.07) is 7.94. The largest absolute Gasteiger partial charge is 0.491 e. The van der Waals surface area contributed by atoms with E-state index in [9.17, 15) is 25.5 Å². The van der Waals surface area contributed by atoms with E-state index in [1.54, 1.807) is 5.32 Å². The van der Waals surface area contributed by atoms with Crippen molar-refractivity contribution < 1.29 is 176 Å². The molecular formula is C75H125N5O15. The third-order valence-corrected chi connectivity index (χ3v) is 8.82. The quantitative estimate of drug-likeness (QED) is 0.0177. The van der Waals surface area contributed by atoms with Crippen LogP contribution in [-0.4, -0.2) is 219 Å². The molecule has 0 aliphatic rings. The standard InChI is InChI=1S/5C15H25NO3/c5*1-12(2)16-10-14(17)11-19-15-6-4-13(5-7-15)8-9-18-3/h5*4-7,12,14,16-17H,8-11H2,1-3H3/i1D3,2D3,3D3,8D2,9D2,10D2,11D2,12D,14D;1D3,3D3,8D2,9D2,10D2,11D2,12D,14D;3D3,8D2,9D2,10D2,11D2,12D,14D;1D3,3D3,8D2,9D2,10D2,11D2,14D;3D3,8D2,9D2,10D2,11D2,14D. The average Bonchev–Trinajstić information content (AvgIpc) is 0.730. The van der Waals surface area contributed by atoms with Crippen LogP contribution in [0.4, 0.5) is 0 Å². The highest BCUT2D eigenvalue weighted by molar-refractivity contribution is 5.31. The molecule has 0 aliphatic carbocycles. The number of nitrogens with one attached hydrogen (secondary N) is 5. The number of hydrogen-bond donors (Lipinski definition) is 10. The highest BCUT2D eigenvalue weighted by atomic mass is 16.5. The summed E-state index contributed by atoms with van der Waals surface area (Å²) in [6.07, 6.45) is -33.5. The fourth-order valence-electron chi connectivity index (χ4n) is 4.97. The third kappa shape index (κ3) is 50.5. The Balaban J connectivity index is 0.00000106. The fourth-order valence-corrected chi connectivity index (χ4v) is 4.97. The van der Waals surface area contributed by atoms with Gasteiger partial charge in [-0.3, -0.25) is 0 Å². The maximum absolute atomic E-state index is 10.4. The normalized spacial score (nSPS) is 31.3. The molecule has 0 radical (unpaired) electrons.